The molecule has 0 bridgehead atoms. The Balaban J connectivity index is 4.47. The summed E-state index contributed by atoms with van der Waals surface area (Å²) < 4.78 is 16.9. The van der Waals surface area contributed by atoms with Gasteiger partial charge in [-0.25, -0.2) is 0 Å². The first-order chi connectivity index (χ1) is 39.5. The molecule has 0 saturated heterocycles. The quantitative estimate of drug-likeness (QED) is 0.0261. The minimum absolute atomic E-state index is 0.106. The lowest BCUT2D eigenvalue weighted by atomic mass is 10.1. The molecule has 1 atom stereocenters. The van der Waals surface area contributed by atoms with E-state index in [-0.39, 0.29) is 31.1 Å². The maximum Gasteiger partial charge on any atom is 0.306 e. The number of allylic oxidation sites excluding steroid dienone is 24. The Labute approximate surface area is 493 Å². The number of rotatable bonds is 58. The number of esters is 3. The molecular formula is C74H120O6. The first kappa shape index (κ1) is 75.3. The van der Waals surface area contributed by atoms with Crippen LogP contribution in [0.2, 0.25) is 0 Å². The van der Waals surface area contributed by atoms with E-state index in [1.54, 1.807) is 0 Å². The lowest BCUT2D eigenvalue weighted by molar-refractivity contribution is -0.167. The summed E-state index contributed by atoms with van der Waals surface area (Å²) in [5.41, 5.74) is 0. The van der Waals surface area contributed by atoms with Crippen LogP contribution in [-0.4, -0.2) is 37.2 Å². The number of hydrogen-bond donors (Lipinski definition) is 0. The summed E-state index contributed by atoms with van der Waals surface area (Å²) in [7, 11) is 0. The SMILES string of the molecule is CC/C=C\C/C=C\C/C=C\C/C=C\C/C=C\C/C=C\C/C=C\C/C=C\CCCCC(=O)OCC(COC(=O)CCCCCCC/C=C\C/C=C\CCCC)OC(=O)CCCCCCCCCCC/C=C\C/C=C\CCCCCCC. The zero-order chi connectivity index (χ0) is 57.8. The van der Waals surface area contributed by atoms with Crippen molar-refractivity contribution in [2.75, 3.05) is 13.2 Å². The van der Waals surface area contributed by atoms with Crippen LogP contribution in [0.15, 0.2) is 146 Å². The first-order valence-corrected chi connectivity index (χ1v) is 32.8. The van der Waals surface area contributed by atoms with Gasteiger partial charge in [0, 0.05) is 19.3 Å². The summed E-state index contributed by atoms with van der Waals surface area (Å²) in [6.45, 7) is 6.43. The Bertz CT molecular complexity index is 1750. The van der Waals surface area contributed by atoms with Gasteiger partial charge in [0.05, 0.1) is 0 Å². The molecule has 6 heteroatoms. The van der Waals surface area contributed by atoms with Gasteiger partial charge in [0.15, 0.2) is 6.10 Å². The second-order valence-corrected chi connectivity index (χ2v) is 21.3. The van der Waals surface area contributed by atoms with Crippen molar-refractivity contribution in [2.24, 2.45) is 0 Å². The number of carbonyl (C=O) groups is 3. The maximum atomic E-state index is 12.9. The molecule has 0 heterocycles. The molecule has 0 rings (SSSR count). The highest BCUT2D eigenvalue weighted by atomic mass is 16.6. The summed E-state index contributed by atoms with van der Waals surface area (Å²) >= 11 is 0. The molecule has 0 aromatic heterocycles. The molecule has 0 aromatic rings. The third kappa shape index (κ3) is 64.1. The van der Waals surface area contributed by atoms with E-state index in [0.717, 1.165) is 135 Å². The van der Waals surface area contributed by atoms with Gasteiger partial charge in [0.2, 0.25) is 0 Å². The zero-order valence-electron chi connectivity index (χ0n) is 51.8. The molecule has 0 fully saturated rings. The molecular weight excluding hydrogens is 985 g/mol. The molecule has 0 saturated carbocycles. The van der Waals surface area contributed by atoms with Gasteiger partial charge in [-0.2, -0.15) is 0 Å². The van der Waals surface area contributed by atoms with Crippen LogP contribution in [0.5, 0.6) is 0 Å². The average Bonchev–Trinajstić information content (AvgIpc) is 3.46. The van der Waals surface area contributed by atoms with Crippen molar-refractivity contribution in [1.29, 1.82) is 0 Å². The van der Waals surface area contributed by atoms with Gasteiger partial charge in [-0.1, -0.05) is 269 Å². The fourth-order valence-corrected chi connectivity index (χ4v) is 8.62. The van der Waals surface area contributed by atoms with E-state index < -0.39 is 6.10 Å². The van der Waals surface area contributed by atoms with E-state index in [4.69, 9.17) is 14.2 Å². The smallest absolute Gasteiger partial charge is 0.306 e. The van der Waals surface area contributed by atoms with E-state index in [2.05, 4.69) is 167 Å². The molecule has 0 N–H and O–H groups in total. The maximum absolute atomic E-state index is 12.9. The van der Waals surface area contributed by atoms with Crippen LogP contribution in [0.1, 0.15) is 284 Å². The van der Waals surface area contributed by atoms with Gasteiger partial charge in [-0.3, -0.25) is 14.4 Å². The van der Waals surface area contributed by atoms with E-state index in [1.807, 2.05) is 0 Å². The highest BCUT2D eigenvalue weighted by Gasteiger charge is 2.19. The van der Waals surface area contributed by atoms with Crippen LogP contribution in [-0.2, 0) is 28.6 Å². The summed E-state index contributed by atoms with van der Waals surface area (Å²) in [5, 5.41) is 0. The Morgan fingerprint density at radius 1 is 0.263 bits per heavy atom. The minimum atomic E-state index is -0.812. The van der Waals surface area contributed by atoms with Crippen molar-refractivity contribution in [3.05, 3.63) is 146 Å². The molecule has 0 aromatic carbocycles. The third-order valence-corrected chi connectivity index (χ3v) is 13.5. The van der Waals surface area contributed by atoms with Gasteiger partial charge in [0.25, 0.3) is 0 Å². The van der Waals surface area contributed by atoms with Gasteiger partial charge >= 0.3 is 17.9 Å². The van der Waals surface area contributed by atoms with Crippen LogP contribution >= 0.6 is 0 Å². The molecule has 452 valence electrons. The average molecular weight is 1110 g/mol. The topological polar surface area (TPSA) is 78.9 Å². The highest BCUT2D eigenvalue weighted by Crippen LogP contribution is 2.15. The Kier molecular flexibility index (Phi) is 62.9. The zero-order valence-corrected chi connectivity index (χ0v) is 51.8. The van der Waals surface area contributed by atoms with Crippen molar-refractivity contribution < 1.29 is 28.6 Å². The molecule has 0 aliphatic carbocycles. The Morgan fingerprint density at radius 3 is 0.825 bits per heavy atom. The van der Waals surface area contributed by atoms with Gasteiger partial charge < -0.3 is 14.2 Å². The summed E-state index contributed by atoms with van der Waals surface area (Å²) in [6, 6.07) is 0. The van der Waals surface area contributed by atoms with Crippen LogP contribution < -0.4 is 0 Å². The second kappa shape index (κ2) is 66.8. The molecule has 0 aliphatic rings. The van der Waals surface area contributed by atoms with E-state index in [9.17, 15) is 14.4 Å². The fourth-order valence-electron chi connectivity index (χ4n) is 8.62. The van der Waals surface area contributed by atoms with Gasteiger partial charge in [0.1, 0.15) is 13.2 Å². The van der Waals surface area contributed by atoms with Crippen LogP contribution in [0.3, 0.4) is 0 Å². The predicted molar refractivity (Wildman–Crippen MR) is 348 cm³/mol. The Hall–Kier alpha value is -4.71. The molecule has 0 spiro atoms. The molecule has 80 heavy (non-hydrogen) atoms. The second-order valence-electron chi connectivity index (χ2n) is 21.3. The minimum Gasteiger partial charge on any atom is -0.462 e. The summed E-state index contributed by atoms with van der Waals surface area (Å²) in [6.07, 6.45) is 95.6. The van der Waals surface area contributed by atoms with Crippen molar-refractivity contribution in [1.82, 2.24) is 0 Å². The first-order valence-electron chi connectivity index (χ1n) is 32.8. The molecule has 0 radical (unpaired) electrons. The normalized spacial score (nSPS) is 13.1. The molecule has 1 unspecified atom stereocenters. The van der Waals surface area contributed by atoms with E-state index >= 15 is 0 Å². The van der Waals surface area contributed by atoms with Crippen molar-refractivity contribution >= 4 is 17.9 Å². The Morgan fingerprint density at radius 2 is 0.500 bits per heavy atom. The predicted octanol–water partition coefficient (Wildman–Crippen LogP) is 22.7. The lowest BCUT2D eigenvalue weighted by Crippen LogP contribution is -2.30. The molecule has 6 nitrogen and oxygen atoms in total. The van der Waals surface area contributed by atoms with Crippen LogP contribution in [0, 0.1) is 0 Å². The van der Waals surface area contributed by atoms with Gasteiger partial charge in [-0.05, 0) is 141 Å². The van der Waals surface area contributed by atoms with Crippen LogP contribution in [0.25, 0.3) is 0 Å². The van der Waals surface area contributed by atoms with Crippen molar-refractivity contribution in [3.63, 3.8) is 0 Å². The number of ether oxygens (including phenoxy) is 3. The number of carbonyl (C=O) groups excluding carboxylic acids is 3. The number of unbranched alkanes of at least 4 members (excludes halogenated alkanes) is 23. The van der Waals surface area contributed by atoms with Crippen molar-refractivity contribution in [3.8, 4) is 0 Å². The fraction of sp³-hybridized carbons (Fsp3) is 0.635. The van der Waals surface area contributed by atoms with Crippen molar-refractivity contribution in [2.45, 2.75) is 290 Å². The molecule has 0 aliphatic heterocycles. The standard InChI is InChI=1S/C74H120O6/c1-4-7-10-13-16-19-22-25-28-30-32-34-35-36-37-38-39-41-42-44-46-49-52-55-58-61-64-67-73(76)79-70-71(69-78-72(75)66-63-60-57-54-51-48-27-24-21-18-15-12-9-6-3)80-74(77)68-65-62-59-56-53-50-47-45-43-40-33-31-29-26-23-20-17-14-11-8-5-2/h7,10,15-16,18-19,23-28,31-34,36-37,39,41,44,46,52,55,71H,4-6,8-9,11-14,17,20-22,29-30,35,38,40,42-43,45,47-51,53-54,56-70H2,1-3H3/b10-7-,18-15-,19-16-,26-23-,27-24-,28-25-,33-31-,34-32-,37-36-,41-39-,46-44-,55-52-. The lowest BCUT2D eigenvalue weighted by Gasteiger charge is -2.18. The summed E-state index contributed by atoms with van der Waals surface area (Å²) in [5.74, 6) is -0.967. The van der Waals surface area contributed by atoms with E-state index in [0.29, 0.717) is 25.7 Å². The largest absolute Gasteiger partial charge is 0.462 e. The van der Waals surface area contributed by atoms with E-state index in [1.165, 1.54) is 103 Å². The summed E-state index contributed by atoms with van der Waals surface area (Å²) in [4.78, 5) is 38.3. The highest BCUT2D eigenvalue weighted by molar-refractivity contribution is 5.71. The third-order valence-electron chi connectivity index (χ3n) is 13.5. The molecule has 0 amide bonds. The number of hydrogen-bond acceptors (Lipinski definition) is 6. The van der Waals surface area contributed by atoms with Crippen LogP contribution in [0.4, 0.5) is 0 Å². The monoisotopic (exact) mass is 1100 g/mol. The van der Waals surface area contributed by atoms with Gasteiger partial charge in [-0.15, -0.1) is 0 Å².